The molecule has 1 aliphatic rings. The number of amides is 1. The van der Waals surface area contributed by atoms with Gasteiger partial charge in [0.15, 0.2) is 5.75 Å². The van der Waals surface area contributed by atoms with E-state index in [1.807, 2.05) is 37.3 Å². The van der Waals surface area contributed by atoms with Crippen LogP contribution in [0.1, 0.15) is 48.1 Å². The molecular formula is C25H29N5O4. The summed E-state index contributed by atoms with van der Waals surface area (Å²) in [5.41, 5.74) is 0.374. The van der Waals surface area contributed by atoms with E-state index < -0.39 is 11.1 Å². The Labute approximate surface area is 197 Å². The molecule has 1 atom stereocenters. The molecule has 178 valence electrons. The smallest absolute Gasteiger partial charge is 0.290 e. The number of nitrogens with zero attached hydrogens (tertiary/aromatic N) is 2. The summed E-state index contributed by atoms with van der Waals surface area (Å²) in [7, 11) is 1.44. The van der Waals surface area contributed by atoms with Gasteiger partial charge in [-0.3, -0.25) is 24.2 Å². The quantitative estimate of drug-likeness (QED) is 0.399. The number of rotatable bonds is 7. The zero-order valence-electron chi connectivity index (χ0n) is 19.3. The molecule has 4 N–H and O–H groups in total. The van der Waals surface area contributed by atoms with Gasteiger partial charge in [-0.1, -0.05) is 43.3 Å². The van der Waals surface area contributed by atoms with E-state index >= 15 is 0 Å². The maximum absolute atomic E-state index is 13.0. The molecule has 0 radical (unpaired) electrons. The number of anilines is 3. The third kappa shape index (κ3) is 4.54. The normalized spacial score (nSPS) is 14.1. The average Bonchev–Trinajstić information content (AvgIpc) is 3.38. The largest absolute Gasteiger partial charge is 0.505 e. The van der Waals surface area contributed by atoms with Gasteiger partial charge in [-0.15, -0.1) is 0 Å². The molecule has 1 fully saturated rings. The number of likely N-dealkylation sites (tertiary alicyclic amines) is 1. The number of aromatic nitrogens is 2. The second kappa shape index (κ2) is 9.86. The second-order valence-corrected chi connectivity index (χ2v) is 8.40. The maximum Gasteiger partial charge on any atom is 0.290 e. The van der Waals surface area contributed by atoms with Crippen molar-refractivity contribution in [2.75, 3.05) is 23.7 Å². The van der Waals surface area contributed by atoms with Crippen molar-refractivity contribution in [3.63, 3.8) is 0 Å². The van der Waals surface area contributed by atoms with Crippen molar-refractivity contribution in [1.82, 2.24) is 14.7 Å². The van der Waals surface area contributed by atoms with Gasteiger partial charge >= 0.3 is 0 Å². The fourth-order valence-electron chi connectivity index (χ4n) is 4.22. The lowest BCUT2D eigenvalue weighted by molar-refractivity contribution is 0.0790. The molecule has 4 rings (SSSR count). The first kappa shape index (κ1) is 23.2. The lowest BCUT2D eigenvalue weighted by atomic mass is 10.0. The van der Waals surface area contributed by atoms with Crippen molar-refractivity contribution in [3.8, 4) is 5.75 Å². The number of hydrogen-bond donors (Lipinski definition) is 4. The van der Waals surface area contributed by atoms with Crippen molar-refractivity contribution < 1.29 is 9.90 Å². The minimum Gasteiger partial charge on any atom is -0.505 e. The fraction of sp³-hybridized carbons (Fsp3) is 0.320. The third-order valence-corrected chi connectivity index (χ3v) is 6.11. The van der Waals surface area contributed by atoms with Crippen molar-refractivity contribution >= 4 is 23.0 Å². The molecule has 1 saturated heterocycles. The predicted octanol–water partition coefficient (Wildman–Crippen LogP) is 3.32. The zero-order chi connectivity index (χ0) is 24.2. The van der Waals surface area contributed by atoms with E-state index in [0.717, 1.165) is 23.1 Å². The average molecular weight is 464 g/mol. The Bertz CT molecular complexity index is 1290. The van der Waals surface area contributed by atoms with Crippen LogP contribution in [0.5, 0.6) is 5.75 Å². The van der Waals surface area contributed by atoms with Gasteiger partial charge in [0.1, 0.15) is 11.4 Å². The molecule has 0 bridgehead atoms. The topological polar surface area (TPSA) is 119 Å². The van der Waals surface area contributed by atoms with Crippen molar-refractivity contribution in [2.45, 2.75) is 32.2 Å². The molecule has 34 heavy (non-hydrogen) atoms. The minimum absolute atomic E-state index is 0.0123. The number of H-pyrrole nitrogens is 1. The van der Waals surface area contributed by atoms with E-state index in [0.29, 0.717) is 19.5 Å². The number of phenols is 1. The molecule has 2 heterocycles. The molecule has 1 amide bonds. The summed E-state index contributed by atoms with van der Waals surface area (Å²) in [4.78, 5) is 40.5. The van der Waals surface area contributed by atoms with E-state index in [2.05, 4.69) is 15.7 Å². The number of para-hydroxylation sites is 1. The highest BCUT2D eigenvalue weighted by molar-refractivity contribution is 5.99. The number of phenolic OH excluding ortho intramolecular Hbond substituents is 1. The second-order valence-electron chi connectivity index (χ2n) is 8.40. The molecule has 3 aromatic rings. The fourth-order valence-corrected chi connectivity index (χ4v) is 4.22. The van der Waals surface area contributed by atoms with Gasteiger partial charge in [0.2, 0.25) is 0 Å². The number of aromatic amines is 1. The Morgan fingerprint density at radius 3 is 2.44 bits per heavy atom. The van der Waals surface area contributed by atoms with Gasteiger partial charge in [0.05, 0.1) is 17.3 Å². The summed E-state index contributed by atoms with van der Waals surface area (Å²) in [6, 6.07) is 14.2. The number of hydrogen-bond acceptors (Lipinski definition) is 6. The number of aryl methyl sites for hydroxylation is 1. The van der Waals surface area contributed by atoms with Crippen LogP contribution in [0, 0.1) is 0 Å². The standard InChI is InChI=1S/C25H29N5O4/c1-3-18(16-10-5-4-6-11-16)26-20-21(25(34)29(2)28-23(20)32)27-19-13-9-12-17(22(19)31)24(33)30-14-7-8-15-30/h4-6,9-13,18,26-27,31H,3,7-8,14-15H2,1-2H3,(H,28,32). The predicted molar refractivity (Wildman–Crippen MR) is 132 cm³/mol. The Hall–Kier alpha value is -4.01. The SMILES string of the molecule is CCC(Nc1c(Nc2cccc(C(=O)N3CCCC3)c2O)c(=O)n(C)[nH]c1=O)c1ccccc1. The van der Waals surface area contributed by atoms with Crippen molar-refractivity contribution in [3.05, 3.63) is 80.4 Å². The molecular weight excluding hydrogens is 434 g/mol. The van der Waals surface area contributed by atoms with Gasteiger partial charge in [-0.05, 0) is 37.0 Å². The van der Waals surface area contributed by atoms with Crippen LogP contribution in [0.25, 0.3) is 0 Å². The summed E-state index contributed by atoms with van der Waals surface area (Å²) in [5, 5.41) is 19.5. The van der Waals surface area contributed by atoms with E-state index in [1.54, 1.807) is 23.1 Å². The van der Waals surface area contributed by atoms with Gasteiger partial charge in [0.25, 0.3) is 17.0 Å². The lowest BCUT2D eigenvalue weighted by Gasteiger charge is -2.21. The number of carbonyl (C=O) groups is 1. The zero-order valence-corrected chi connectivity index (χ0v) is 19.3. The number of nitrogens with one attached hydrogen (secondary N) is 3. The van der Waals surface area contributed by atoms with Crippen LogP contribution in [-0.4, -0.2) is 38.8 Å². The monoisotopic (exact) mass is 463 g/mol. The molecule has 0 aliphatic carbocycles. The van der Waals surface area contributed by atoms with Gasteiger partial charge < -0.3 is 20.6 Å². The molecule has 9 nitrogen and oxygen atoms in total. The number of benzene rings is 2. The van der Waals surface area contributed by atoms with Crippen LogP contribution < -0.4 is 21.8 Å². The summed E-state index contributed by atoms with van der Waals surface area (Å²) >= 11 is 0. The highest BCUT2D eigenvalue weighted by atomic mass is 16.3. The van der Waals surface area contributed by atoms with Crippen LogP contribution in [0.2, 0.25) is 0 Å². The summed E-state index contributed by atoms with van der Waals surface area (Å²) in [6.45, 7) is 3.28. The highest BCUT2D eigenvalue weighted by Gasteiger charge is 2.24. The van der Waals surface area contributed by atoms with Crippen molar-refractivity contribution in [1.29, 1.82) is 0 Å². The molecule has 2 aromatic carbocycles. The first-order valence-corrected chi connectivity index (χ1v) is 11.4. The summed E-state index contributed by atoms with van der Waals surface area (Å²) < 4.78 is 1.08. The Morgan fingerprint density at radius 1 is 1.06 bits per heavy atom. The lowest BCUT2D eigenvalue weighted by Crippen LogP contribution is -2.32. The third-order valence-electron chi connectivity index (χ3n) is 6.11. The number of aromatic hydroxyl groups is 1. The Morgan fingerprint density at radius 2 is 1.76 bits per heavy atom. The van der Waals surface area contributed by atoms with Crippen LogP contribution >= 0.6 is 0 Å². The molecule has 9 heteroatoms. The summed E-state index contributed by atoms with van der Waals surface area (Å²) in [6.07, 6.45) is 2.54. The first-order valence-electron chi connectivity index (χ1n) is 11.4. The van der Waals surface area contributed by atoms with Gasteiger partial charge in [0, 0.05) is 20.1 Å². The Kier molecular flexibility index (Phi) is 6.72. The van der Waals surface area contributed by atoms with Gasteiger partial charge in [-0.2, -0.15) is 0 Å². The first-order chi connectivity index (χ1) is 16.4. The van der Waals surface area contributed by atoms with E-state index in [9.17, 15) is 19.5 Å². The maximum atomic E-state index is 13.0. The highest BCUT2D eigenvalue weighted by Crippen LogP contribution is 2.33. The Balaban J connectivity index is 1.73. The van der Waals surface area contributed by atoms with Crippen LogP contribution in [0.4, 0.5) is 17.1 Å². The molecule has 0 spiro atoms. The van der Waals surface area contributed by atoms with Crippen LogP contribution in [0.3, 0.4) is 0 Å². The molecule has 1 unspecified atom stereocenters. The minimum atomic E-state index is -0.485. The summed E-state index contributed by atoms with van der Waals surface area (Å²) in [5.74, 6) is -0.520. The van der Waals surface area contributed by atoms with Crippen molar-refractivity contribution in [2.24, 2.45) is 7.05 Å². The van der Waals surface area contributed by atoms with Gasteiger partial charge in [-0.25, -0.2) is 0 Å². The molecule has 0 saturated carbocycles. The molecule has 1 aromatic heterocycles. The van der Waals surface area contributed by atoms with E-state index in [1.165, 1.54) is 7.05 Å². The van der Waals surface area contributed by atoms with Crippen LogP contribution in [0.15, 0.2) is 58.1 Å². The molecule has 1 aliphatic heterocycles. The van der Waals surface area contributed by atoms with Crippen LogP contribution in [-0.2, 0) is 7.05 Å². The van der Waals surface area contributed by atoms with E-state index in [4.69, 9.17) is 0 Å². The number of carbonyl (C=O) groups excluding carboxylic acids is 1. The van der Waals surface area contributed by atoms with E-state index in [-0.39, 0.29) is 40.3 Å².